The molecule has 1 aliphatic carbocycles. The molecule has 0 heterocycles. The molecule has 0 bridgehead atoms. The molecule has 16 heavy (non-hydrogen) atoms. The first-order valence-corrected chi connectivity index (χ1v) is 6.23. The van der Waals surface area contributed by atoms with E-state index in [0.29, 0.717) is 0 Å². The van der Waals surface area contributed by atoms with Crippen molar-refractivity contribution in [3.63, 3.8) is 0 Å². The lowest BCUT2D eigenvalue weighted by molar-refractivity contribution is 0.305. The van der Waals surface area contributed by atoms with Gasteiger partial charge in [-0.1, -0.05) is 19.1 Å². The van der Waals surface area contributed by atoms with Crippen LogP contribution in [0.25, 0.3) is 0 Å². The summed E-state index contributed by atoms with van der Waals surface area (Å²) in [7, 11) is 2.04. The van der Waals surface area contributed by atoms with E-state index in [9.17, 15) is 0 Å². The molecule has 1 aromatic rings. The summed E-state index contributed by atoms with van der Waals surface area (Å²) < 4.78 is 5.57. The fourth-order valence-electron chi connectivity index (χ4n) is 2.18. The van der Waals surface area contributed by atoms with Crippen LogP contribution in [0.5, 0.6) is 5.75 Å². The number of hydrogen-bond acceptors (Lipinski definition) is 2. The van der Waals surface area contributed by atoms with Crippen molar-refractivity contribution in [1.82, 2.24) is 5.32 Å². The number of hydrogen-bond donors (Lipinski definition) is 1. The molecule has 0 radical (unpaired) electrons. The Kier molecular flexibility index (Phi) is 3.83. The summed E-state index contributed by atoms with van der Waals surface area (Å²) in [6, 6.07) is 9.33. The highest BCUT2D eigenvalue weighted by Gasteiger charge is 2.28. The van der Waals surface area contributed by atoms with E-state index in [1.807, 2.05) is 7.05 Å². The van der Waals surface area contributed by atoms with Gasteiger partial charge in [-0.25, -0.2) is 0 Å². The number of ether oxygens (including phenoxy) is 1. The highest BCUT2D eigenvalue weighted by atomic mass is 16.5. The molecule has 1 aromatic carbocycles. The average Bonchev–Trinajstić information content (AvgIpc) is 2.27. The molecule has 0 atom stereocenters. The lowest BCUT2D eigenvalue weighted by atomic mass is 9.76. The number of benzene rings is 1. The highest BCUT2D eigenvalue weighted by Crippen LogP contribution is 2.37. The van der Waals surface area contributed by atoms with Crippen molar-refractivity contribution in [3.05, 3.63) is 29.8 Å². The van der Waals surface area contributed by atoms with E-state index in [4.69, 9.17) is 4.74 Å². The molecule has 1 N–H and O–H groups in total. The number of rotatable bonds is 5. The average molecular weight is 219 g/mol. The maximum Gasteiger partial charge on any atom is 0.119 e. The van der Waals surface area contributed by atoms with E-state index in [1.165, 1.54) is 18.4 Å². The van der Waals surface area contributed by atoms with Crippen LogP contribution in [0.3, 0.4) is 0 Å². The van der Waals surface area contributed by atoms with E-state index in [0.717, 1.165) is 30.7 Å². The fraction of sp³-hybridized carbons (Fsp3) is 0.571. The summed E-state index contributed by atoms with van der Waals surface area (Å²) in [5.41, 5.74) is 1.45. The lowest BCUT2D eigenvalue weighted by Crippen LogP contribution is -2.37. The first kappa shape index (κ1) is 11.5. The molecule has 2 heteroatoms. The van der Waals surface area contributed by atoms with Crippen LogP contribution in [0.2, 0.25) is 0 Å². The summed E-state index contributed by atoms with van der Waals surface area (Å²) in [6.07, 6.45) is 3.60. The third-order valence-electron chi connectivity index (χ3n) is 3.37. The topological polar surface area (TPSA) is 21.3 Å². The van der Waals surface area contributed by atoms with E-state index >= 15 is 0 Å². The molecule has 0 aliphatic heterocycles. The standard InChI is InChI=1S/C14H21NO/c1-3-8-16-14-6-4-11(5-7-14)12-9-13(10-12)15-2/h4-7,12-13,15H,3,8-10H2,1-2H3. The Morgan fingerprint density at radius 3 is 2.50 bits per heavy atom. The second-order valence-corrected chi connectivity index (χ2v) is 4.57. The first-order chi connectivity index (χ1) is 7.83. The summed E-state index contributed by atoms with van der Waals surface area (Å²) in [5.74, 6) is 1.74. The SMILES string of the molecule is CCCOc1ccc(C2CC(NC)C2)cc1. The zero-order valence-corrected chi connectivity index (χ0v) is 10.2. The largest absolute Gasteiger partial charge is 0.494 e. The van der Waals surface area contributed by atoms with Crippen LogP contribution in [0.15, 0.2) is 24.3 Å². The maximum atomic E-state index is 5.57. The number of nitrogens with one attached hydrogen (secondary N) is 1. The van der Waals surface area contributed by atoms with Crippen molar-refractivity contribution in [2.45, 2.75) is 38.1 Å². The molecule has 0 spiro atoms. The van der Waals surface area contributed by atoms with E-state index < -0.39 is 0 Å². The molecular weight excluding hydrogens is 198 g/mol. The van der Waals surface area contributed by atoms with Gasteiger partial charge in [0.05, 0.1) is 6.61 Å². The van der Waals surface area contributed by atoms with Gasteiger partial charge in [0, 0.05) is 6.04 Å². The van der Waals surface area contributed by atoms with E-state index in [2.05, 4.69) is 36.5 Å². The molecule has 0 aromatic heterocycles. The molecule has 2 rings (SSSR count). The van der Waals surface area contributed by atoms with Gasteiger partial charge in [0.25, 0.3) is 0 Å². The van der Waals surface area contributed by atoms with Gasteiger partial charge in [-0.15, -0.1) is 0 Å². The maximum absolute atomic E-state index is 5.57. The Morgan fingerprint density at radius 2 is 1.94 bits per heavy atom. The molecule has 88 valence electrons. The molecule has 0 saturated heterocycles. The van der Waals surface area contributed by atoms with Crippen LogP contribution in [-0.4, -0.2) is 19.7 Å². The fourth-order valence-corrected chi connectivity index (χ4v) is 2.18. The monoisotopic (exact) mass is 219 g/mol. The van der Waals surface area contributed by atoms with Crippen molar-refractivity contribution in [2.24, 2.45) is 0 Å². The minimum Gasteiger partial charge on any atom is -0.494 e. The summed E-state index contributed by atoms with van der Waals surface area (Å²) in [4.78, 5) is 0. The predicted molar refractivity (Wildman–Crippen MR) is 67.1 cm³/mol. The highest BCUT2D eigenvalue weighted by molar-refractivity contribution is 5.31. The predicted octanol–water partition coefficient (Wildman–Crippen LogP) is 2.94. The van der Waals surface area contributed by atoms with Crippen molar-refractivity contribution in [3.8, 4) is 5.75 Å². The third-order valence-corrected chi connectivity index (χ3v) is 3.37. The summed E-state index contributed by atoms with van der Waals surface area (Å²) in [5, 5.41) is 3.32. The van der Waals surface area contributed by atoms with Crippen LogP contribution in [0, 0.1) is 0 Å². The van der Waals surface area contributed by atoms with Gasteiger partial charge >= 0.3 is 0 Å². The normalized spacial score (nSPS) is 23.9. The van der Waals surface area contributed by atoms with Crippen molar-refractivity contribution < 1.29 is 4.74 Å². The zero-order valence-electron chi connectivity index (χ0n) is 10.2. The van der Waals surface area contributed by atoms with Gasteiger partial charge in [0.2, 0.25) is 0 Å². The van der Waals surface area contributed by atoms with Crippen LogP contribution in [0.4, 0.5) is 0 Å². The quantitative estimate of drug-likeness (QED) is 0.822. The van der Waals surface area contributed by atoms with Crippen LogP contribution < -0.4 is 10.1 Å². The van der Waals surface area contributed by atoms with Crippen LogP contribution in [-0.2, 0) is 0 Å². The van der Waals surface area contributed by atoms with Gasteiger partial charge in [-0.3, -0.25) is 0 Å². The Labute approximate surface area is 98.0 Å². The first-order valence-electron chi connectivity index (χ1n) is 6.23. The summed E-state index contributed by atoms with van der Waals surface area (Å²) >= 11 is 0. The minimum absolute atomic E-state index is 0.723. The lowest BCUT2D eigenvalue weighted by Gasteiger charge is -2.35. The Balaban J connectivity index is 1.88. The van der Waals surface area contributed by atoms with E-state index in [-0.39, 0.29) is 0 Å². The van der Waals surface area contributed by atoms with Gasteiger partial charge in [0.15, 0.2) is 0 Å². The van der Waals surface area contributed by atoms with Gasteiger partial charge in [-0.05, 0) is 49.9 Å². The zero-order chi connectivity index (χ0) is 11.4. The molecule has 2 nitrogen and oxygen atoms in total. The van der Waals surface area contributed by atoms with Crippen molar-refractivity contribution in [1.29, 1.82) is 0 Å². The Morgan fingerprint density at radius 1 is 1.25 bits per heavy atom. The van der Waals surface area contributed by atoms with Gasteiger partial charge < -0.3 is 10.1 Å². The molecule has 1 saturated carbocycles. The van der Waals surface area contributed by atoms with Gasteiger partial charge in [0.1, 0.15) is 5.75 Å². The Hall–Kier alpha value is -1.02. The second kappa shape index (κ2) is 5.35. The summed E-state index contributed by atoms with van der Waals surface area (Å²) in [6.45, 7) is 2.94. The van der Waals surface area contributed by atoms with Crippen LogP contribution in [0.1, 0.15) is 37.7 Å². The van der Waals surface area contributed by atoms with Crippen LogP contribution >= 0.6 is 0 Å². The Bertz CT molecular complexity index is 314. The minimum atomic E-state index is 0.723. The molecule has 1 aliphatic rings. The molecule has 1 fully saturated rings. The third kappa shape index (κ3) is 2.56. The smallest absolute Gasteiger partial charge is 0.119 e. The molecular formula is C14H21NO. The molecule has 0 unspecified atom stereocenters. The van der Waals surface area contributed by atoms with E-state index in [1.54, 1.807) is 0 Å². The van der Waals surface area contributed by atoms with Crippen molar-refractivity contribution >= 4 is 0 Å². The molecule has 0 amide bonds. The second-order valence-electron chi connectivity index (χ2n) is 4.57. The van der Waals surface area contributed by atoms with Gasteiger partial charge in [-0.2, -0.15) is 0 Å². The van der Waals surface area contributed by atoms with Crippen molar-refractivity contribution in [2.75, 3.05) is 13.7 Å².